The van der Waals surface area contributed by atoms with Crippen molar-refractivity contribution in [2.24, 2.45) is 0 Å². The van der Waals surface area contributed by atoms with Crippen molar-refractivity contribution in [3.63, 3.8) is 0 Å². The first-order valence-electron chi connectivity index (χ1n) is 9.00. The van der Waals surface area contributed by atoms with Crippen molar-refractivity contribution in [2.45, 2.75) is 40.3 Å². The van der Waals surface area contributed by atoms with Crippen molar-refractivity contribution in [3.8, 4) is 0 Å². The molecule has 6 nitrogen and oxygen atoms in total. The standard InChI is InChI=1S/C22H25NO5/c1-13-10-14(2)20(16(4)25)15(3)18(13)12-28-22(27)19(11-24)23-21(26)17-8-6-5-7-9-17/h5-10,19,24H,11-12H2,1-4H3,(H,23,26). The van der Waals surface area contributed by atoms with E-state index in [-0.39, 0.29) is 12.4 Å². The minimum absolute atomic E-state index is 0.0469. The lowest BCUT2D eigenvalue weighted by molar-refractivity contribution is -0.148. The lowest BCUT2D eigenvalue weighted by Crippen LogP contribution is -2.44. The summed E-state index contributed by atoms with van der Waals surface area (Å²) in [7, 11) is 0. The van der Waals surface area contributed by atoms with Gasteiger partial charge in [0, 0.05) is 11.1 Å². The maximum atomic E-state index is 12.4. The highest BCUT2D eigenvalue weighted by molar-refractivity contribution is 5.98. The molecule has 0 saturated heterocycles. The molecule has 0 aromatic heterocycles. The van der Waals surface area contributed by atoms with Gasteiger partial charge in [-0.2, -0.15) is 0 Å². The van der Waals surface area contributed by atoms with Gasteiger partial charge < -0.3 is 15.2 Å². The van der Waals surface area contributed by atoms with Gasteiger partial charge >= 0.3 is 5.97 Å². The summed E-state index contributed by atoms with van der Waals surface area (Å²) in [6.07, 6.45) is 0. The van der Waals surface area contributed by atoms with Crippen LogP contribution in [-0.2, 0) is 16.1 Å². The Kier molecular flexibility index (Phi) is 7.06. The smallest absolute Gasteiger partial charge is 0.331 e. The molecule has 148 valence electrons. The highest BCUT2D eigenvalue weighted by Gasteiger charge is 2.23. The van der Waals surface area contributed by atoms with E-state index in [0.29, 0.717) is 11.1 Å². The van der Waals surface area contributed by atoms with Gasteiger partial charge in [0.25, 0.3) is 5.91 Å². The zero-order valence-corrected chi connectivity index (χ0v) is 16.5. The van der Waals surface area contributed by atoms with Gasteiger partial charge in [-0.05, 0) is 62.1 Å². The third-order valence-electron chi connectivity index (χ3n) is 4.65. The number of nitrogens with one attached hydrogen (secondary N) is 1. The number of hydrogen-bond acceptors (Lipinski definition) is 5. The van der Waals surface area contributed by atoms with Crippen LogP contribution in [-0.4, -0.2) is 35.4 Å². The summed E-state index contributed by atoms with van der Waals surface area (Å²) in [6.45, 7) is 6.44. The summed E-state index contributed by atoms with van der Waals surface area (Å²) in [4.78, 5) is 36.5. The number of benzene rings is 2. The number of Topliss-reactive ketones (excluding diaryl/α,β-unsaturated/α-hetero) is 1. The zero-order chi connectivity index (χ0) is 20.8. The van der Waals surface area contributed by atoms with E-state index < -0.39 is 24.5 Å². The van der Waals surface area contributed by atoms with Crippen LogP contribution >= 0.6 is 0 Å². The van der Waals surface area contributed by atoms with Crippen LogP contribution < -0.4 is 5.32 Å². The number of ketones is 1. The normalized spacial score (nSPS) is 11.6. The minimum atomic E-state index is -1.17. The zero-order valence-electron chi connectivity index (χ0n) is 16.5. The largest absolute Gasteiger partial charge is 0.459 e. The van der Waals surface area contributed by atoms with Crippen molar-refractivity contribution < 1.29 is 24.2 Å². The fraction of sp³-hybridized carbons (Fsp3) is 0.318. The van der Waals surface area contributed by atoms with Crippen LogP contribution in [0.2, 0.25) is 0 Å². The summed E-state index contributed by atoms with van der Waals surface area (Å²) in [5, 5.41) is 12.0. The van der Waals surface area contributed by atoms with Crippen LogP contribution in [0, 0.1) is 20.8 Å². The number of carbonyl (C=O) groups excluding carboxylic acids is 3. The second-order valence-corrected chi connectivity index (χ2v) is 6.73. The Morgan fingerprint density at radius 1 is 1.07 bits per heavy atom. The second-order valence-electron chi connectivity index (χ2n) is 6.73. The van der Waals surface area contributed by atoms with Crippen molar-refractivity contribution >= 4 is 17.7 Å². The Balaban J connectivity index is 2.11. The van der Waals surface area contributed by atoms with Crippen LogP contribution in [0.1, 0.15) is 49.9 Å². The van der Waals surface area contributed by atoms with E-state index in [2.05, 4.69) is 5.32 Å². The Bertz CT molecular complexity index is 890. The summed E-state index contributed by atoms with van der Waals surface area (Å²) in [6, 6.07) is 9.11. The molecule has 0 aliphatic rings. The molecule has 0 aliphatic carbocycles. The summed E-state index contributed by atoms with van der Waals surface area (Å²) < 4.78 is 5.33. The molecule has 2 N–H and O–H groups in total. The Hall–Kier alpha value is -2.99. The number of aliphatic hydroxyl groups excluding tert-OH is 1. The number of aryl methyl sites for hydroxylation is 2. The molecule has 1 unspecified atom stereocenters. The predicted octanol–water partition coefficient (Wildman–Crippen LogP) is 2.65. The molecule has 0 fully saturated rings. The summed E-state index contributed by atoms with van der Waals surface area (Å²) >= 11 is 0. The molecule has 0 saturated carbocycles. The monoisotopic (exact) mass is 383 g/mol. The molecule has 2 aromatic rings. The fourth-order valence-electron chi connectivity index (χ4n) is 3.24. The highest BCUT2D eigenvalue weighted by Crippen LogP contribution is 2.23. The van der Waals surface area contributed by atoms with Crippen molar-refractivity contribution in [1.29, 1.82) is 0 Å². The maximum Gasteiger partial charge on any atom is 0.331 e. The van der Waals surface area contributed by atoms with E-state index in [1.54, 1.807) is 30.3 Å². The van der Waals surface area contributed by atoms with E-state index in [1.807, 2.05) is 26.8 Å². The first-order chi connectivity index (χ1) is 13.3. The van der Waals surface area contributed by atoms with E-state index in [1.165, 1.54) is 6.92 Å². The number of aliphatic hydroxyl groups is 1. The Morgan fingerprint density at radius 2 is 1.71 bits per heavy atom. The molecule has 0 aliphatic heterocycles. The molecule has 1 atom stereocenters. The minimum Gasteiger partial charge on any atom is -0.459 e. The summed E-state index contributed by atoms with van der Waals surface area (Å²) in [5.74, 6) is -1.26. The van der Waals surface area contributed by atoms with E-state index >= 15 is 0 Å². The van der Waals surface area contributed by atoms with E-state index in [0.717, 1.165) is 22.3 Å². The van der Waals surface area contributed by atoms with Gasteiger partial charge in [0.15, 0.2) is 11.8 Å². The van der Waals surface area contributed by atoms with Gasteiger partial charge in [-0.1, -0.05) is 24.3 Å². The number of ether oxygens (including phenoxy) is 1. The molecule has 0 bridgehead atoms. The van der Waals surface area contributed by atoms with Crippen molar-refractivity contribution in [1.82, 2.24) is 5.32 Å². The lowest BCUT2D eigenvalue weighted by Gasteiger charge is -2.18. The van der Waals surface area contributed by atoms with Crippen LogP contribution in [0.4, 0.5) is 0 Å². The van der Waals surface area contributed by atoms with Gasteiger partial charge in [0.05, 0.1) is 6.61 Å². The van der Waals surface area contributed by atoms with Gasteiger partial charge in [-0.15, -0.1) is 0 Å². The van der Waals surface area contributed by atoms with E-state index in [9.17, 15) is 19.5 Å². The van der Waals surface area contributed by atoms with Crippen LogP contribution in [0.5, 0.6) is 0 Å². The predicted molar refractivity (Wildman–Crippen MR) is 105 cm³/mol. The van der Waals surface area contributed by atoms with Gasteiger partial charge in [0.1, 0.15) is 6.61 Å². The molecule has 0 spiro atoms. The molecule has 2 rings (SSSR count). The second kappa shape index (κ2) is 9.28. The number of amides is 1. The topological polar surface area (TPSA) is 92.7 Å². The number of hydrogen-bond donors (Lipinski definition) is 2. The Labute approximate surface area is 164 Å². The van der Waals surface area contributed by atoms with Crippen molar-refractivity contribution in [3.05, 3.63) is 69.8 Å². The molecular formula is C22H25NO5. The number of carbonyl (C=O) groups is 3. The molecule has 6 heteroatoms. The molecule has 0 heterocycles. The molecule has 2 aromatic carbocycles. The van der Waals surface area contributed by atoms with Crippen LogP contribution in [0.15, 0.2) is 36.4 Å². The first kappa shape index (κ1) is 21.3. The average Bonchev–Trinajstić information content (AvgIpc) is 2.65. The molecule has 1 amide bonds. The lowest BCUT2D eigenvalue weighted by atomic mass is 9.92. The average molecular weight is 383 g/mol. The third kappa shape index (κ3) is 4.84. The molecule has 28 heavy (non-hydrogen) atoms. The highest BCUT2D eigenvalue weighted by atomic mass is 16.5. The SMILES string of the molecule is CC(=O)c1c(C)cc(C)c(COC(=O)C(CO)NC(=O)c2ccccc2)c1C. The fourth-order valence-corrected chi connectivity index (χ4v) is 3.24. The van der Waals surface area contributed by atoms with Crippen LogP contribution in [0.3, 0.4) is 0 Å². The molecule has 0 radical (unpaired) electrons. The third-order valence-corrected chi connectivity index (χ3v) is 4.65. The summed E-state index contributed by atoms with van der Waals surface area (Å²) in [5.41, 5.74) is 4.29. The first-order valence-corrected chi connectivity index (χ1v) is 9.00. The van der Waals surface area contributed by atoms with Gasteiger partial charge in [-0.3, -0.25) is 9.59 Å². The number of esters is 1. The van der Waals surface area contributed by atoms with Crippen LogP contribution in [0.25, 0.3) is 0 Å². The number of rotatable bonds is 7. The Morgan fingerprint density at radius 3 is 2.29 bits per heavy atom. The van der Waals surface area contributed by atoms with Crippen molar-refractivity contribution in [2.75, 3.05) is 6.61 Å². The van der Waals surface area contributed by atoms with Gasteiger partial charge in [-0.25, -0.2) is 4.79 Å². The molecular weight excluding hydrogens is 358 g/mol. The van der Waals surface area contributed by atoms with E-state index in [4.69, 9.17) is 4.74 Å². The van der Waals surface area contributed by atoms with Gasteiger partial charge in [0.2, 0.25) is 0 Å². The quantitative estimate of drug-likeness (QED) is 0.566. The maximum absolute atomic E-state index is 12.4.